The number of fused-ring (bicyclic) bond motifs is 1. The van der Waals surface area contributed by atoms with E-state index in [1.54, 1.807) is 7.11 Å². The Labute approximate surface area is 136 Å². The summed E-state index contributed by atoms with van der Waals surface area (Å²) in [5.74, 6) is 2.19. The molecule has 0 amide bonds. The first kappa shape index (κ1) is 15.1. The van der Waals surface area contributed by atoms with Crippen molar-refractivity contribution in [3.63, 3.8) is 0 Å². The molecule has 6 heteroatoms. The second-order valence-electron chi connectivity index (χ2n) is 6.38. The molecule has 4 rings (SSSR count). The predicted molar refractivity (Wildman–Crippen MR) is 85.2 cm³/mol. The fraction of sp³-hybridized carbons (Fsp3) is 0.647. The Morgan fingerprint density at radius 1 is 1.30 bits per heavy atom. The predicted octanol–water partition coefficient (Wildman–Crippen LogP) is 1.38. The number of hydrogen-bond donors (Lipinski definition) is 1. The average molecular weight is 320 g/mol. The summed E-state index contributed by atoms with van der Waals surface area (Å²) in [6, 6.07) is 4.83. The molecule has 2 fully saturated rings. The number of nitrogens with one attached hydrogen (secondary N) is 1. The third-order valence-corrected chi connectivity index (χ3v) is 4.65. The van der Waals surface area contributed by atoms with Crippen molar-refractivity contribution in [1.82, 2.24) is 10.2 Å². The third kappa shape index (κ3) is 3.39. The van der Waals surface area contributed by atoms with Crippen LogP contribution >= 0.6 is 0 Å². The summed E-state index contributed by atoms with van der Waals surface area (Å²) in [7, 11) is 1.65. The van der Waals surface area contributed by atoms with E-state index in [0.29, 0.717) is 5.75 Å². The molecule has 2 heterocycles. The molecule has 1 aliphatic carbocycles. The number of morpholine rings is 1. The zero-order valence-electron chi connectivity index (χ0n) is 13.5. The van der Waals surface area contributed by atoms with Gasteiger partial charge in [-0.25, -0.2) is 0 Å². The summed E-state index contributed by atoms with van der Waals surface area (Å²) >= 11 is 0. The summed E-state index contributed by atoms with van der Waals surface area (Å²) in [5.41, 5.74) is 1.13. The van der Waals surface area contributed by atoms with Crippen LogP contribution in [0.5, 0.6) is 17.2 Å². The lowest BCUT2D eigenvalue weighted by molar-refractivity contribution is -0.0301. The van der Waals surface area contributed by atoms with Gasteiger partial charge < -0.3 is 24.3 Å². The Hall–Kier alpha value is -1.50. The Balaban J connectivity index is 1.31. The third-order valence-electron chi connectivity index (χ3n) is 4.65. The maximum Gasteiger partial charge on any atom is 0.231 e. The molecule has 0 bridgehead atoms. The minimum Gasteiger partial charge on any atom is -0.493 e. The van der Waals surface area contributed by atoms with Crippen molar-refractivity contribution in [3.8, 4) is 17.2 Å². The number of methoxy groups -OCH3 is 1. The highest BCUT2D eigenvalue weighted by atomic mass is 16.7. The molecular weight excluding hydrogens is 296 g/mol. The first-order valence-corrected chi connectivity index (χ1v) is 8.36. The van der Waals surface area contributed by atoms with Gasteiger partial charge >= 0.3 is 0 Å². The fourth-order valence-corrected chi connectivity index (χ4v) is 3.30. The molecule has 1 saturated carbocycles. The number of rotatable bonds is 6. The normalized spacial score (nSPS) is 24.0. The lowest BCUT2D eigenvalue weighted by atomic mass is 10.1. The molecule has 1 aromatic rings. The quantitative estimate of drug-likeness (QED) is 0.854. The maximum atomic E-state index is 5.87. The van der Waals surface area contributed by atoms with Gasteiger partial charge in [-0.1, -0.05) is 0 Å². The Morgan fingerprint density at radius 2 is 2.22 bits per heavy atom. The molecule has 126 valence electrons. The minimum absolute atomic E-state index is 0.259. The lowest BCUT2D eigenvalue weighted by Crippen LogP contribution is -2.47. The van der Waals surface area contributed by atoms with Crippen molar-refractivity contribution in [1.29, 1.82) is 0 Å². The molecule has 3 aliphatic rings. The van der Waals surface area contributed by atoms with Gasteiger partial charge in [0.2, 0.25) is 12.5 Å². The largest absolute Gasteiger partial charge is 0.493 e. The van der Waals surface area contributed by atoms with E-state index in [1.807, 2.05) is 12.1 Å². The van der Waals surface area contributed by atoms with E-state index in [-0.39, 0.29) is 12.9 Å². The first-order valence-electron chi connectivity index (χ1n) is 8.36. The van der Waals surface area contributed by atoms with Crippen molar-refractivity contribution in [3.05, 3.63) is 17.7 Å². The van der Waals surface area contributed by atoms with Crippen LogP contribution < -0.4 is 19.5 Å². The molecule has 2 aliphatic heterocycles. The molecule has 1 N–H and O–H groups in total. The summed E-state index contributed by atoms with van der Waals surface area (Å²) < 4.78 is 22.1. The molecular formula is C17H24N2O4. The van der Waals surface area contributed by atoms with E-state index in [0.717, 1.165) is 55.9 Å². The van der Waals surface area contributed by atoms with Gasteiger partial charge in [0, 0.05) is 32.2 Å². The summed E-state index contributed by atoms with van der Waals surface area (Å²) in [5, 5.41) is 3.49. The molecule has 1 atom stereocenters. The average Bonchev–Trinajstić information content (AvgIpc) is 3.32. The van der Waals surface area contributed by atoms with Gasteiger partial charge in [-0.3, -0.25) is 4.90 Å². The van der Waals surface area contributed by atoms with Crippen LogP contribution in [0.4, 0.5) is 0 Å². The summed E-state index contributed by atoms with van der Waals surface area (Å²) in [6.07, 6.45) is 2.99. The van der Waals surface area contributed by atoms with Crippen molar-refractivity contribution >= 4 is 0 Å². The highest BCUT2D eigenvalue weighted by Gasteiger charge is 2.32. The zero-order valence-corrected chi connectivity index (χ0v) is 13.5. The van der Waals surface area contributed by atoms with E-state index in [1.165, 1.54) is 12.8 Å². The van der Waals surface area contributed by atoms with Crippen LogP contribution in [-0.4, -0.2) is 57.2 Å². The Bertz CT molecular complexity index is 562. The van der Waals surface area contributed by atoms with Crippen LogP contribution in [0.15, 0.2) is 12.1 Å². The lowest BCUT2D eigenvalue weighted by Gasteiger charge is -2.33. The highest BCUT2D eigenvalue weighted by Crippen LogP contribution is 2.41. The maximum absolute atomic E-state index is 5.87. The van der Waals surface area contributed by atoms with Gasteiger partial charge in [0.15, 0.2) is 11.5 Å². The van der Waals surface area contributed by atoms with E-state index in [9.17, 15) is 0 Å². The molecule has 6 nitrogen and oxygen atoms in total. The highest BCUT2D eigenvalue weighted by molar-refractivity contribution is 5.55. The second-order valence-corrected chi connectivity index (χ2v) is 6.38. The summed E-state index contributed by atoms with van der Waals surface area (Å²) in [6.45, 7) is 4.86. The van der Waals surface area contributed by atoms with E-state index < -0.39 is 0 Å². The van der Waals surface area contributed by atoms with Crippen LogP contribution in [0.3, 0.4) is 0 Å². The SMILES string of the molecule is COc1cc(CNC[C@H]2CN(C3CC3)CCO2)cc2c1OCO2. The van der Waals surface area contributed by atoms with E-state index in [2.05, 4.69) is 10.2 Å². The van der Waals surface area contributed by atoms with Crippen molar-refractivity contribution < 1.29 is 18.9 Å². The standard InChI is InChI=1S/C17H24N2O4/c1-20-15-6-12(7-16-17(15)23-11-22-16)8-18-9-14-10-19(4-5-21-14)13-2-3-13/h6-7,13-14,18H,2-5,8-11H2,1H3/t14-/m0/s1. The topological polar surface area (TPSA) is 52.2 Å². The monoisotopic (exact) mass is 320 g/mol. The smallest absolute Gasteiger partial charge is 0.231 e. The molecule has 0 spiro atoms. The Morgan fingerprint density at radius 3 is 3.04 bits per heavy atom. The molecule has 1 aromatic carbocycles. The summed E-state index contributed by atoms with van der Waals surface area (Å²) in [4.78, 5) is 2.57. The van der Waals surface area contributed by atoms with Crippen LogP contribution in [0, 0.1) is 0 Å². The van der Waals surface area contributed by atoms with Crippen molar-refractivity contribution in [2.24, 2.45) is 0 Å². The number of nitrogens with zero attached hydrogens (tertiary/aromatic N) is 1. The number of benzene rings is 1. The van der Waals surface area contributed by atoms with Crippen LogP contribution in [0.1, 0.15) is 18.4 Å². The molecule has 0 radical (unpaired) electrons. The van der Waals surface area contributed by atoms with Gasteiger partial charge in [0.25, 0.3) is 0 Å². The van der Waals surface area contributed by atoms with Gasteiger partial charge in [0.1, 0.15) is 0 Å². The van der Waals surface area contributed by atoms with Gasteiger partial charge in [0.05, 0.1) is 19.8 Å². The van der Waals surface area contributed by atoms with Crippen LogP contribution in [0.25, 0.3) is 0 Å². The zero-order chi connectivity index (χ0) is 15.6. The molecule has 23 heavy (non-hydrogen) atoms. The fourth-order valence-electron chi connectivity index (χ4n) is 3.30. The minimum atomic E-state index is 0.259. The first-order chi connectivity index (χ1) is 11.3. The van der Waals surface area contributed by atoms with Crippen molar-refractivity contribution in [2.75, 3.05) is 40.1 Å². The van der Waals surface area contributed by atoms with E-state index >= 15 is 0 Å². The van der Waals surface area contributed by atoms with Gasteiger partial charge in [-0.2, -0.15) is 0 Å². The van der Waals surface area contributed by atoms with Crippen LogP contribution in [0.2, 0.25) is 0 Å². The molecule has 0 aromatic heterocycles. The van der Waals surface area contributed by atoms with Crippen LogP contribution in [-0.2, 0) is 11.3 Å². The van der Waals surface area contributed by atoms with Gasteiger partial charge in [-0.05, 0) is 30.5 Å². The van der Waals surface area contributed by atoms with Gasteiger partial charge in [-0.15, -0.1) is 0 Å². The number of ether oxygens (including phenoxy) is 4. The Kier molecular flexibility index (Phi) is 4.29. The van der Waals surface area contributed by atoms with E-state index in [4.69, 9.17) is 18.9 Å². The van der Waals surface area contributed by atoms with Crippen molar-refractivity contribution in [2.45, 2.75) is 31.5 Å². The second kappa shape index (κ2) is 6.55. The molecule has 1 saturated heterocycles. The molecule has 0 unspecified atom stereocenters. The number of hydrogen-bond acceptors (Lipinski definition) is 6.